The van der Waals surface area contributed by atoms with E-state index in [9.17, 15) is 4.79 Å². The molecule has 6 nitrogen and oxygen atoms in total. The van der Waals surface area contributed by atoms with E-state index >= 15 is 0 Å². The van der Waals surface area contributed by atoms with Gasteiger partial charge in [-0.2, -0.15) is 0 Å². The van der Waals surface area contributed by atoms with Gasteiger partial charge >= 0.3 is 6.03 Å². The minimum atomic E-state index is -0.310. The highest BCUT2D eigenvalue weighted by molar-refractivity contribution is 6.42. The summed E-state index contributed by atoms with van der Waals surface area (Å²) in [6.45, 7) is 1.47. The molecule has 0 spiro atoms. The van der Waals surface area contributed by atoms with Crippen LogP contribution in [0.15, 0.2) is 48.5 Å². The quantitative estimate of drug-likeness (QED) is 0.447. The first-order valence-corrected chi connectivity index (χ1v) is 10.5. The van der Waals surface area contributed by atoms with Crippen molar-refractivity contribution in [3.8, 4) is 16.9 Å². The van der Waals surface area contributed by atoms with E-state index in [1.165, 1.54) is 0 Å². The van der Waals surface area contributed by atoms with Gasteiger partial charge in [0.2, 0.25) is 0 Å². The van der Waals surface area contributed by atoms with Crippen LogP contribution < -0.4 is 10.6 Å². The molecule has 0 aliphatic carbocycles. The van der Waals surface area contributed by atoms with Crippen LogP contribution in [0.5, 0.6) is 0 Å². The molecule has 0 atom stereocenters. The maximum absolute atomic E-state index is 12.3. The third kappa shape index (κ3) is 5.89. The number of nitrogens with zero attached hydrogens (tertiary/aromatic N) is 3. The van der Waals surface area contributed by atoms with Crippen LogP contribution in [0.1, 0.15) is 6.42 Å². The first-order valence-electron chi connectivity index (χ1n) is 9.34. The Bertz CT molecular complexity index is 1020. The molecule has 0 saturated carbocycles. The highest BCUT2D eigenvalue weighted by atomic mass is 35.5. The highest BCUT2D eigenvalue weighted by Crippen LogP contribution is 2.30. The van der Waals surface area contributed by atoms with Crippen LogP contribution in [0.4, 0.5) is 10.6 Å². The minimum Gasteiger partial charge on any atom is -0.338 e. The number of carbonyl (C=O) groups excluding carboxylic acids is 1. The van der Waals surface area contributed by atoms with Gasteiger partial charge in [-0.3, -0.25) is 5.32 Å². The first kappa shape index (κ1) is 22.4. The zero-order valence-corrected chi connectivity index (χ0v) is 18.9. The molecule has 158 valence electrons. The molecule has 0 aliphatic heterocycles. The largest absolute Gasteiger partial charge is 0.338 e. The second-order valence-corrected chi connectivity index (χ2v) is 8.22. The van der Waals surface area contributed by atoms with Gasteiger partial charge < -0.3 is 10.2 Å². The van der Waals surface area contributed by atoms with E-state index in [1.807, 2.05) is 32.3 Å². The van der Waals surface area contributed by atoms with Crippen molar-refractivity contribution < 1.29 is 4.79 Å². The lowest BCUT2D eigenvalue weighted by Crippen LogP contribution is -2.31. The number of benzene rings is 2. The summed E-state index contributed by atoms with van der Waals surface area (Å²) in [5.74, 6) is 0.413. The van der Waals surface area contributed by atoms with Crippen molar-refractivity contribution in [1.29, 1.82) is 0 Å². The molecule has 3 rings (SSSR count). The molecule has 0 unspecified atom stereocenters. The Labute approximate surface area is 190 Å². The molecule has 0 saturated heterocycles. The molecule has 2 N–H and O–H groups in total. The van der Waals surface area contributed by atoms with Crippen LogP contribution in [0.2, 0.25) is 15.1 Å². The zero-order valence-electron chi connectivity index (χ0n) is 16.6. The molecule has 9 heteroatoms. The van der Waals surface area contributed by atoms with Gasteiger partial charge in [0, 0.05) is 23.2 Å². The van der Waals surface area contributed by atoms with Crippen LogP contribution in [0.25, 0.3) is 16.9 Å². The number of amides is 2. The maximum atomic E-state index is 12.3. The van der Waals surface area contributed by atoms with Crippen molar-refractivity contribution in [2.75, 3.05) is 32.5 Å². The minimum absolute atomic E-state index is 0.310. The van der Waals surface area contributed by atoms with Gasteiger partial charge in [0.1, 0.15) is 0 Å². The number of carbonyl (C=O) groups is 1. The fraction of sp³-hybridized carbons (Fsp3) is 0.238. The van der Waals surface area contributed by atoms with E-state index < -0.39 is 0 Å². The fourth-order valence-corrected chi connectivity index (χ4v) is 3.26. The monoisotopic (exact) mass is 465 g/mol. The standard InChI is InChI=1S/C21H22Cl3N5O/c1-28(2)11-3-10-25-21(30)26-20-13-19(14-4-6-15(22)7-5-14)29(27-20)16-8-9-17(23)18(24)12-16/h4-9,12-13H,3,10-11H2,1-2H3,(H2,25,26,27,30). The molecule has 2 aromatic carbocycles. The van der Waals surface area contributed by atoms with Gasteiger partial charge in [0.15, 0.2) is 5.82 Å². The summed E-state index contributed by atoms with van der Waals surface area (Å²) in [7, 11) is 3.99. The van der Waals surface area contributed by atoms with E-state index in [2.05, 4.69) is 20.6 Å². The SMILES string of the molecule is CN(C)CCCNC(=O)Nc1cc(-c2ccc(Cl)cc2)n(-c2ccc(Cl)c(Cl)c2)n1. The van der Waals surface area contributed by atoms with Crippen molar-refractivity contribution in [3.63, 3.8) is 0 Å². The summed E-state index contributed by atoms with van der Waals surface area (Å²) in [4.78, 5) is 14.3. The first-order chi connectivity index (χ1) is 14.3. The zero-order chi connectivity index (χ0) is 21.7. The average molecular weight is 467 g/mol. The van der Waals surface area contributed by atoms with Gasteiger partial charge in [-0.1, -0.05) is 46.9 Å². The maximum Gasteiger partial charge on any atom is 0.320 e. The van der Waals surface area contributed by atoms with Crippen molar-refractivity contribution in [2.45, 2.75) is 6.42 Å². The summed E-state index contributed by atoms with van der Waals surface area (Å²) >= 11 is 18.3. The van der Waals surface area contributed by atoms with E-state index in [1.54, 1.807) is 35.0 Å². The third-order valence-corrected chi connectivity index (χ3v) is 5.30. The number of urea groups is 1. The number of rotatable bonds is 7. The summed E-state index contributed by atoms with van der Waals surface area (Å²) < 4.78 is 1.70. The van der Waals surface area contributed by atoms with Gasteiger partial charge in [-0.15, -0.1) is 5.10 Å². The number of halogens is 3. The van der Waals surface area contributed by atoms with Crippen LogP contribution in [0.3, 0.4) is 0 Å². The molecule has 1 aromatic heterocycles. The second kappa shape index (κ2) is 10.2. The molecule has 0 fully saturated rings. The Morgan fingerprint density at radius 2 is 1.77 bits per heavy atom. The number of nitrogens with one attached hydrogen (secondary N) is 2. The van der Waals surface area contributed by atoms with Crippen LogP contribution in [-0.4, -0.2) is 47.9 Å². The van der Waals surface area contributed by atoms with Crippen molar-refractivity contribution in [2.24, 2.45) is 0 Å². The summed E-state index contributed by atoms with van der Waals surface area (Å²) in [6, 6.07) is 14.1. The molecule has 0 bridgehead atoms. The molecule has 2 amide bonds. The van der Waals surface area contributed by atoms with Gasteiger partial charge in [0.05, 0.1) is 21.4 Å². The smallest absolute Gasteiger partial charge is 0.320 e. The van der Waals surface area contributed by atoms with E-state index in [4.69, 9.17) is 34.8 Å². The normalized spacial score (nSPS) is 11.0. The average Bonchev–Trinajstić information content (AvgIpc) is 3.11. The number of anilines is 1. The molecule has 1 heterocycles. The highest BCUT2D eigenvalue weighted by Gasteiger charge is 2.14. The lowest BCUT2D eigenvalue weighted by Gasteiger charge is -2.10. The Morgan fingerprint density at radius 3 is 2.43 bits per heavy atom. The molecule has 3 aromatic rings. The van der Waals surface area contributed by atoms with Gasteiger partial charge in [-0.05, 0) is 57.4 Å². The molecular weight excluding hydrogens is 445 g/mol. The Kier molecular flexibility index (Phi) is 7.61. The second-order valence-electron chi connectivity index (χ2n) is 6.97. The Balaban J connectivity index is 1.85. The van der Waals surface area contributed by atoms with E-state index in [0.717, 1.165) is 24.2 Å². The Morgan fingerprint density at radius 1 is 1.03 bits per heavy atom. The van der Waals surface area contributed by atoms with Gasteiger partial charge in [0.25, 0.3) is 0 Å². The van der Waals surface area contributed by atoms with E-state index in [-0.39, 0.29) is 6.03 Å². The predicted octanol–water partition coefficient (Wildman–Crippen LogP) is 5.57. The third-order valence-electron chi connectivity index (χ3n) is 4.31. The van der Waals surface area contributed by atoms with Crippen LogP contribution in [-0.2, 0) is 0 Å². The molecule has 0 aliphatic rings. The summed E-state index contributed by atoms with van der Waals surface area (Å²) in [5, 5.41) is 11.7. The molecule has 30 heavy (non-hydrogen) atoms. The van der Waals surface area contributed by atoms with E-state index in [0.29, 0.717) is 33.1 Å². The lowest BCUT2D eigenvalue weighted by molar-refractivity contribution is 0.251. The Hall–Kier alpha value is -2.25. The summed E-state index contributed by atoms with van der Waals surface area (Å²) in [6.07, 6.45) is 0.855. The van der Waals surface area contributed by atoms with Gasteiger partial charge in [-0.25, -0.2) is 9.48 Å². The molecule has 0 radical (unpaired) electrons. The lowest BCUT2D eigenvalue weighted by atomic mass is 10.1. The van der Waals surface area contributed by atoms with Crippen LogP contribution >= 0.6 is 34.8 Å². The number of aromatic nitrogens is 2. The number of hydrogen-bond acceptors (Lipinski definition) is 3. The van der Waals surface area contributed by atoms with Crippen LogP contribution in [0, 0.1) is 0 Å². The van der Waals surface area contributed by atoms with Crippen molar-refractivity contribution in [3.05, 3.63) is 63.6 Å². The predicted molar refractivity (Wildman–Crippen MR) is 124 cm³/mol. The number of hydrogen-bond donors (Lipinski definition) is 2. The fourth-order valence-electron chi connectivity index (χ4n) is 2.84. The van der Waals surface area contributed by atoms with Crippen molar-refractivity contribution in [1.82, 2.24) is 20.0 Å². The topological polar surface area (TPSA) is 62.2 Å². The van der Waals surface area contributed by atoms with Crippen molar-refractivity contribution >= 4 is 46.7 Å². The molecular formula is C21H22Cl3N5O. The summed E-state index contributed by atoms with van der Waals surface area (Å²) in [5.41, 5.74) is 2.37.